The van der Waals surface area contributed by atoms with E-state index in [-0.39, 0.29) is 27.0 Å². The highest BCUT2D eigenvalue weighted by molar-refractivity contribution is 6.32. The largest absolute Gasteiger partial charge is 0.367 e. The van der Waals surface area contributed by atoms with Gasteiger partial charge in [-0.25, -0.2) is 23.2 Å². The molecule has 3 aromatic rings. The summed E-state index contributed by atoms with van der Waals surface area (Å²) in [6.45, 7) is 0. The molecule has 0 saturated heterocycles. The van der Waals surface area contributed by atoms with E-state index in [1.807, 2.05) is 0 Å². The molecule has 11 heteroatoms. The molecule has 2 aromatic heterocycles. The Morgan fingerprint density at radius 3 is 2.31 bits per heavy atom. The van der Waals surface area contributed by atoms with Crippen LogP contribution >= 0.6 is 11.6 Å². The van der Waals surface area contributed by atoms with E-state index in [1.165, 1.54) is 42.6 Å². The molecule has 146 valence electrons. The Bertz CT molecular complexity index is 1130. The van der Waals surface area contributed by atoms with Crippen LogP contribution in [0.5, 0.6) is 0 Å². The molecule has 1 aromatic carbocycles. The van der Waals surface area contributed by atoms with Crippen molar-refractivity contribution in [3.05, 3.63) is 76.2 Å². The molecule has 0 aliphatic carbocycles. The van der Waals surface area contributed by atoms with Gasteiger partial charge in [-0.2, -0.15) is 5.10 Å². The van der Waals surface area contributed by atoms with E-state index >= 15 is 0 Å². The molecule has 0 unspecified atom stereocenters. The minimum atomic E-state index is -3.15. The maximum absolute atomic E-state index is 13.7. The lowest BCUT2D eigenvalue weighted by Crippen LogP contribution is -2.33. The van der Waals surface area contributed by atoms with Gasteiger partial charge in [-0.15, -0.1) is 0 Å². The van der Waals surface area contributed by atoms with Crippen LogP contribution in [0.2, 0.25) is 5.02 Å². The fourth-order valence-electron chi connectivity index (χ4n) is 2.81. The molecular weight excluding hydrogens is 410 g/mol. The van der Waals surface area contributed by atoms with Gasteiger partial charge in [0, 0.05) is 6.20 Å². The van der Waals surface area contributed by atoms with E-state index in [9.17, 15) is 23.2 Å². The van der Waals surface area contributed by atoms with Gasteiger partial charge in [-0.1, -0.05) is 28.8 Å². The second kappa shape index (κ2) is 7.06. The number of carbonyl (C=O) groups excluding carboxylic acids is 3. The molecule has 0 N–H and O–H groups in total. The zero-order valence-corrected chi connectivity index (χ0v) is 15.0. The second-order valence-electron chi connectivity index (χ2n) is 5.79. The first kappa shape index (κ1) is 18.7. The number of hydrogen-bond donors (Lipinski definition) is 0. The number of hydrogen-bond acceptors (Lipinski definition) is 6. The van der Waals surface area contributed by atoms with E-state index in [0.29, 0.717) is 4.68 Å². The Labute approximate surface area is 166 Å². The number of amides is 2. The molecule has 29 heavy (non-hydrogen) atoms. The molecule has 0 fully saturated rings. The molecule has 0 spiro atoms. The molecule has 8 nitrogen and oxygen atoms in total. The van der Waals surface area contributed by atoms with Crippen LogP contribution in [0.3, 0.4) is 0 Å². The van der Waals surface area contributed by atoms with Gasteiger partial charge in [0.05, 0.1) is 22.3 Å². The minimum absolute atomic E-state index is 0.0257. The quantitative estimate of drug-likeness (QED) is 0.604. The summed E-state index contributed by atoms with van der Waals surface area (Å²) in [7, 11) is 0. The van der Waals surface area contributed by atoms with Crippen molar-refractivity contribution in [1.82, 2.24) is 19.8 Å². The molecule has 2 amide bonds. The molecule has 0 saturated carbocycles. The lowest BCUT2D eigenvalue weighted by molar-refractivity contribution is -0.0587. The van der Waals surface area contributed by atoms with Gasteiger partial charge < -0.3 is 4.84 Å². The number of alkyl halides is 2. The van der Waals surface area contributed by atoms with Crippen LogP contribution < -0.4 is 0 Å². The average Bonchev–Trinajstić information content (AvgIpc) is 3.25. The fraction of sp³-hybridized carbons (Fsp3) is 0.0556. The molecule has 0 radical (unpaired) electrons. The first-order valence-electron chi connectivity index (χ1n) is 8.07. The summed E-state index contributed by atoms with van der Waals surface area (Å²) in [5.74, 6) is -3.23. The van der Waals surface area contributed by atoms with Gasteiger partial charge in [0.25, 0.3) is 18.2 Å². The number of fused-ring (bicyclic) bond motifs is 1. The highest BCUT2D eigenvalue weighted by Gasteiger charge is 2.40. The number of aromatic nitrogens is 3. The van der Waals surface area contributed by atoms with Crippen molar-refractivity contribution < 1.29 is 28.0 Å². The fourth-order valence-corrected chi connectivity index (χ4v) is 3.01. The standard InChI is InChI=1S/C18H9ClF2N4O4/c19-12-6-3-7-22-15(12)24-13(14(20)21)11(8-23-24)18(28)29-25-16(26)9-4-1-2-5-10(9)17(25)27/h1-8,14H. The molecule has 1 aliphatic heterocycles. The molecular formula is C18H9ClF2N4O4. The summed E-state index contributed by atoms with van der Waals surface area (Å²) in [5.41, 5.74) is -1.41. The number of halogens is 3. The maximum Gasteiger partial charge on any atom is 0.367 e. The van der Waals surface area contributed by atoms with E-state index in [4.69, 9.17) is 16.4 Å². The normalized spacial score (nSPS) is 13.2. The van der Waals surface area contributed by atoms with Crippen LogP contribution in [0.1, 0.15) is 43.2 Å². The zero-order chi connectivity index (χ0) is 20.7. The summed E-state index contributed by atoms with van der Waals surface area (Å²) in [6.07, 6.45) is -1.01. The Hall–Kier alpha value is -3.66. The lowest BCUT2D eigenvalue weighted by Gasteiger charge is -2.13. The Balaban J connectivity index is 1.68. The van der Waals surface area contributed by atoms with Gasteiger partial charge in [0.15, 0.2) is 5.82 Å². The first-order valence-corrected chi connectivity index (χ1v) is 8.45. The van der Waals surface area contributed by atoms with Gasteiger partial charge in [0.1, 0.15) is 11.3 Å². The summed E-state index contributed by atoms with van der Waals surface area (Å²) in [6, 6.07) is 8.74. The number of benzene rings is 1. The SMILES string of the molecule is O=C(ON1C(=O)c2ccccc2C1=O)c1cnn(-c2ncccc2Cl)c1C(F)F. The number of pyridine rings is 1. The minimum Gasteiger partial charge on any atom is -0.324 e. The summed E-state index contributed by atoms with van der Waals surface area (Å²) >= 11 is 5.97. The summed E-state index contributed by atoms with van der Waals surface area (Å²) < 4.78 is 28.1. The van der Waals surface area contributed by atoms with Crippen molar-refractivity contribution in [2.75, 3.05) is 0 Å². The highest BCUT2D eigenvalue weighted by Crippen LogP contribution is 2.29. The smallest absolute Gasteiger partial charge is 0.324 e. The van der Waals surface area contributed by atoms with Crippen LogP contribution in [-0.4, -0.2) is 37.6 Å². The molecule has 4 rings (SSSR count). The van der Waals surface area contributed by atoms with Crippen LogP contribution in [0.25, 0.3) is 5.82 Å². The third kappa shape index (κ3) is 3.03. The first-order chi connectivity index (χ1) is 13.9. The third-order valence-electron chi connectivity index (χ3n) is 4.10. The van der Waals surface area contributed by atoms with Crippen LogP contribution in [0.4, 0.5) is 8.78 Å². The summed E-state index contributed by atoms with van der Waals surface area (Å²) in [4.78, 5) is 45.8. The van der Waals surface area contributed by atoms with Gasteiger partial charge in [-0.3, -0.25) is 9.59 Å². The van der Waals surface area contributed by atoms with Crippen molar-refractivity contribution in [3.8, 4) is 5.82 Å². The molecule has 1 aliphatic rings. The van der Waals surface area contributed by atoms with Gasteiger partial charge >= 0.3 is 5.97 Å². The zero-order valence-electron chi connectivity index (χ0n) is 14.3. The predicted molar refractivity (Wildman–Crippen MR) is 93.7 cm³/mol. The van der Waals surface area contributed by atoms with Crippen molar-refractivity contribution in [3.63, 3.8) is 0 Å². The monoisotopic (exact) mass is 418 g/mol. The molecule has 0 atom stereocenters. The van der Waals surface area contributed by atoms with E-state index < -0.39 is 35.5 Å². The van der Waals surface area contributed by atoms with Crippen molar-refractivity contribution in [2.45, 2.75) is 6.43 Å². The van der Waals surface area contributed by atoms with Crippen LogP contribution in [0, 0.1) is 0 Å². The predicted octanol–water partition coefficient (Wildman–Crippen LogP) is 3.23. The van der Waals surface area contributed by atoms with Crippen LogP contribution in [-0.2, 0) is 4.84 Å². The topological polar surface area (TPSA) is 94.4 Å². The maximum atomic E-state index is 13.7. The summed E-state index contributed by atoms with van der Waals surface area (Å²) in [5, 5.41) is 4.00. The number of carbonyl (C=O) groups is 3. The van der Waals surface area contributed by atoms with Crippen molar-refractivity contribution in [1.29, 1.82) is 0 Å². The Morgan fingerprint density at radius 2 is 1.72 bits per heavy atom. The molecule has 3 heterocycles. The second-order valence-corrected chi connectivity index (χ2v) is 6.20. The number of hydroxylamine groups is 2. The van der Waals surface area contributed by atoms with E-state index in [2.05, 4.69) is 10.1 Å². The Morgan fingerprint density at radius 1 is 1.07 bits per heavy atom. The third-order valence-corrected chi connectivity index (χ3v) is 4.40. The molecule has 0 bridgehead atoms. The average molecular weight is 419 g/mol. The van der Waals surface area contributed by atoms with Crippen LogP contribution in [0.15, 0.2) is 48.8 Å². The van der Waals surface area contributed by atoms with Gasteiger partial charge in [-0.05, 0) is 24.3 Å². The Kier molecular flexibility index (Phi) is 4.55. The number of imide groups is 1. The van der Waals surface area contributed by atoms with E-state index in [0.717, 1.165) is 6.20 Å². The lowest BCUT2D eigenvalue weighted by atomic mass is 10.1. The number of nitrogens with zero attached hydrogens (tertiary/aromatic N) is 4. The van der Waals surface area contributed by atoms with Crippen molar-refractivity contribution in [2.24, 2.45) is 0 Å². The highest BCUT2D eigenvalue weighted by atomic mass is 35.5. The number of rotatable bonds is 4. The van der Waals surface area contributed by atoms with Crippen molar-refractivity contribution >= 4 is 29.4 Å². The van der Waals surface area contributed by atoms with Gasteiger partial charge in [0.2, 0.25) is 0 Å². The van der Waals surface area contributed by atoms with E-state index in [1.54, 1.807) is 0 Å².